The number of hydrogen-bond donors (Lipinski definition) is 1. The van der Waals surface area contributed by atoms with Gasteiger partial charge in [-0.15, -0.1) is 0 Å². The first-order valence-corrected chi connectivity index (χ1v) is 8.37. The molecule has 0 unspecified atom stereocenters. The molecule has 112 valence electrons. The summed E-state index contributed by atoms with van der Waals surface area (Å²) in [6, 6.07) is 7.34. The third-order valence-electron chi connectivity index (χ3n) is 4.32. The van der Waals surface area contributed by atoms with Crippen LogP contribution in [-0.4, -0.2) is 6.04 Å². The number of halogens is 1. The first-order valence-electron chi connectivity index (χ1n) is 8.37. The number of nitrogens with one attached hydrogen (secondary N) is 1. The maximum atomic E-state index is 12.9. The standard InChI is InChI=1S/C18H28FN/c19-16-12-14-18(15-13-16)20-17-10-8-6-4-2-1-3-5-7-9-11-17/h12-15,17,20H,1-11H2. The lowest BCUT2D eigenvalue weighted by molar-refractivity contribution is 0.480. The minimum atomic E-state index is -0.158. The average Bonchev–Trinajstić information content (AvgIpc) is 2.44. The number of benzene rings is 1. The van der Waals surface area contributed by atoms with Crippen molar-refractivity contribution in [1.29, 1.82) is 0 Å². The van der Waals surface area contributed by atoms with Crippen molar-refractivity contribution in [2.45, 2.75) is 76.7 Å². The van der Waals surface area contributed by atoms with E-state index in [2.05, 4.69) is 5.32 Å². The first kappa shape index (κ1) is 15.3. The van der Waals surface area contributed by atoms with E-state index in [4.69, 9.17) is 0 Å². The smallest absolute Gasteiger partial charge is 0.123 e. The van der Waals surface area contributed by atoms with E-state index in [1.165, 1.54) is 82.8 Å². The van der Waals surface area contributed by atoms with Crippen LogP contribution in [0.25, 0.3) is 0 Å². The summed E-state index contributed by atoms with van der Waals surface area (Å²) in [7, 11) is 0. The normalized spacial score (nSPS) is 19.9. The highest BCUT2D eigenvalue weighted by molar-refractivity contribution is 5.43. The minimum absolute atomic E-state index is 0.158. The second-order valence-corrected chi connectivity index (χ2v) is 6.11. The van der Waals surface area contributed by atoms with Crippen molar-refractivity contribution < 1.29 is 4.39 Å². The van der Waals surface area contributed by atoms with Gasteiger partial charge in [0, 0.05) is 11.7 Å². The van der Waals surface area contributed by atoms with Crippen molar-refractivity contribution in [3.63, 3.8) is 0 Å². The van der Waals surface area contributed by atoms with E-state index in [1.807, 2.05) is 12.1 Å². The average molecular weight is 277 g/mol. The molecule has 0 heterocycles. The van der Waals surface area contributed by atoms with Crippen LogP contribution in [-0.2, 0) is 0 Å². The van der Waals surface area contributed by atoms with Crippen LogP contribution < -0.4 is 5.32 Å². The second-order valence-electron chi connectivity index (χ2n) is 6.11. The molecule has 1 aromatic carbocycles. The molecule has 20 heavy (non-hydrogen) atoms. The van der Waals surface area contributed by atoms with Crippen LogP contribution in [0.4, 0.5) is 10.1 Å². The highest BCUT2D eigenvalue weighted by Crippen LogP contribution is 2.20. The maximum absolute atomic E-state index is 12.9. The molecule has 0 radical (unpaired) electrons. The van der Waals surface area contributed by atoms with Gasteiger partial charge >= 0.3 is 0 Å². The van der Waals surface area contributed by atoms with Gasteiger partial charge in [0.15, 0.2) is 0 Å². The molecule has 0 atom stereocenters. The van der Waals surface area contributed by atoms with Gasteiger partial charge in [-0.3, -0.25) is 0 Å². The van der Waals surface area contributed by atoms with Crippen molar-refractivity contribution in [3.8, 4) is 0 Å². The molecule has 2 heteroatoms. The lowest BCUT2D eigenvalue weighted by atomic mass is 9.98. The van der Waals surface area contributed by atoms with Crippen molar-refractivity contribution in [2.24, 2.45) is 0 Å². The summed E-state index contributed by atoms with van der Waals surface area (Å²) < 4.78 is 12.9. The van der Waals surface area contributed by atoms with Crippen molar-refractivity contribution in [3.05, 3.63) is 30.1 Å². The molecular formula is C18H28FN. The first-order chi connectivity index (χ1) is 9.84. The second kappa shape index (κ2) is 8.99. The Labute approximate surface area is 123 Å². The Morgan fingerprint density at radius 1 is 0.700 bits per heavy atom. The number of rotatable bonds is 2. The fourth-order valence-corrected chi connectivity index (χ4v) is 3.09. The van der Waals surface area contributed by atoms with Crippen LogP contribution in [0.5, 0.6) is 0 Å². The summed E-state index contributed by atoms with van der Waals surface area (Å²) in [5, 5.41) is 3.59. The summed E-state index contributed by atoms with van der Waals surface area (Å²) in [5.41, 5.74) is 1.06. The van der Waals surface area contributed by atoms with Crippen LogP contribution in [0, 0.1) is 5.82 Å². The van der Waals surface area contributed by atoms with Gasteiger partial charge in [-0.2, -0.15) is 0 Å². The van der Waals surface area contributed by atoms with Gasteiger partial charge in [0.1, 0.15) is 5.82 Å². The molecule has 1 aromatic rings. The van der Waals surface area contributed by atoms with E-state index >= 15 is 0 Å². The highest BCUT2D eigenvalue weighted by atomic mass is 19.1. The van der Waals surface area contributed by atoms with E-state index in [0.717, 1.165) is 5.69 Å². The van der Waals surface area contributed by atoms with Gasteiger partial charge in [-0.05, 0) is 37.1 Å². The highest BCUT2D eigenvalue weighted by Gasteiger charge is 2.09. The molecule has 0 spiro atoms. The van der Waals surface area contributed by atoms with Crippen molar-refractivity contribution in [1.82, 2.24) is 0 Å². The summed E-state index contributed by atoms with van der Waals surface area (Å²) >= 11 is 0. The summed E-state index contributed by atoms with van der Waals surface area (Å²) in [5.74, 6) is -0.158. The Kier molecular flexibility index (Phi) is 6.90. The van der Waals surface area contributed by atoms with Crippen LogP contribution in [0.1, 0.15) is 70.6 Å². The van der Waals surface area contributed by atoms with E-state index in [0.29, 0.717) is 6.04 Å². The largest absolute Gasteiger partial charge is 0.382 e. The molecule has 0 aromatic heterocycles. The van der Waals surface area contributed by atoms with Gasteiger partial charge in [-0.25, -0.2) is 4.39 Å². The molecule has 0 aliphatic heterocycles. The van der Waals surface area contributed by atoms with Gasteiger partial charge in [-0.1, -0.05) is 57.8 Å². The Bertz CT molecular complexity index is 348. The Morgan fingerprint density at radius 2 is 1.15 bits per heavy atom. The van der Waals surface area contributed by atoms with Crippen LogP contribution >= 0.6 is 0 Å². The Hall–Kier alpha value is -1.05. The lowest BCUT2D eigenvalue weighted by Crippen LogP contribution is -2.19. The Morgan fingerprint density at radius 3 is 1.65 bits per heavy atom. The molecule has 1 aliphatic carbocycles. The number of hydrogen-bond acceptors (Lipinski definition) is 1. The molecule has 1 N–H and O–H groups in total. The van der Waals surface area contributed by atoms with Crippen LogP contribution in [0.15, 0.2) is 24.3 Å². The predicted octanol–water partition coefficient (Wildman–Crippen LogP) is 5.91. The topological polar surface area (TPSA) is 12.0 Å². The monoisotopic (exact) mass is 277 g/mol. The molecule has 1 nitrogen and oxygen atoms in total. The molecule has 1 fully saturated rings. The van der Waals surface area contributed by atoms with Crippen molar-refractivity contribution in [2.75, 3.05) is 5.32 Å². The van der Waals surface area contributed by atoms with Crippen LogP contribution in [0.2, 0.25) is 0 Å². The van der Waals surface area contributed by atoms with E-state index in [-0.39, 0.29) is 5.82 Å². The Balaban J connectivity index is 1.83. The minimum Gasteiger partial charge on any atom is -0.382 e. The summed E-state index contributed by atoms with van der Waals surface area (Å²) in [6.07, 6.45) is 14.9. The zero-order valence-electron chi connectivity index (χ0n) is 12.5. The summed E-state index contributed by atoms with van der Waals surface area (Å²) in [4.78, 5) is 0. The van der Waals surface area contributed by atoms with Crippen molar-refractivity contribution >= 4 is 5.69 Å². The molecular weight excluding hydrogens is 249 g/mol. The fraction of sp³-hybridized carbons (Fsp3) is 0.667. The summed E-state index contributed by atoms with van der Waals surface area (Å²) in [6.45, 7) is 0. The molecule has 1 saturated carbocycles. The van der Waals surface area contributed by atoms with E-state index in [9.17, 15) is 4.39 Å². The molecule has 2 rings (SSSR count). The third kappa shape index (κ3) is 5.94. The van der Waals surface area contributed by atoms with Gasteiger partial charge in [0.2, 0.25) is 0 Å². The quantitative estimate of drug-likeness (QED) is 0.708. The molecule has 0 saturated heterocycles. The van der Waals surface area contributed by atoms with E-state index in [1.54, 1.807) is 0 Å². The van der Waals surface area contributed by atoms with Gasteiger partial charge in [0.25, 0.3) is 0 Å². The van der Waals surface area contributed by atoms with Gasteiger partial charge in [0.05, 0.1) is 0 Å². The predicted molar refractivity (Wildman–Crippen MR) is 84.6 cm³/mol. The third-order valence-corrected chi connectivity index (χ3v) is 4.32. The SMILES string of the molecule is Fc1ccc(NC2CCCCCCCCCCC2)cc1. The number of anilines is 1. The zero-order valence-corrected chi connectivity index (χ0v) is 12.5. The lowest BCUT2D eigenvalue weighted by Gasteiger charge is -2.20. The molecule has 1 aliphatic rings. The fourth-order valence-electron chi connectivity index (χ4n) is 3.09. The molecule has 0 bridgehead atoms. The maximum Gasteiger partial charge on any atom is 0.123 e. The molecule has 0 amide bonds. The van der Waals surface area contributed by atoms with Crippen LogP contribution in [0.3, 0.4) is 0 Å². The van der Waals surface area contributed by atoms with E-state index < -0.39 is 0 Å². The van der Waals surface area contributed by atoms with Gasteiger partial charge < -0.3 is 5.32 Å². The zero-order chi connectivity index (χ0) is 14.0.